The number of rotatable bonds is 3. The molecule has 4 rings (SSSR count). The van der Waals surface area contributed by atoms with Crippen LogP contribution in [0.3, 0.4) is 0 Å². The quantitative estimate of drug-likeness (QED) is 0.675. The lowest BCUT2D eigenvalue weighted by atomic mass is 10.2. The summed E-state index contributed by atoms with van der Waals surface area (Å²) in [5.74, 6) is 0.974. The van der Waals surface area contributed by atoms with E-state index in [4.69, 9.17) is 34.8 Å². The molecule has 1 aliphatic rings. The minimum atomic E-state index is -0.0258. The Morgan fingerprint density at radius 3 is 2.58 bits per heavy atom. The molecule has 1 aliphatic carbocycles. The van der Waals surface area contributed by atoms with Gasteiger partial charge in [-0.2, -0.15) is 0 Å². The smallest absolute Gasteiger partial charge is 0.228 e. The molecule has 1 saturated carbocycles. The van der Waals surface area contributed by atoms with Crippen molar-refractivity contribution in [1.82, 2.24) is 15.0 Å². The maximum atomic E-state index is 12.0. The third-order valence-corrected chi connectivity index (χ3v) is 4.65. The van der Waals surface area contributed by atoms with E-state index in [1.165, 1.54) is 0 Å². The number of aromatic nitrogens is 3. The number of benzene rings is 1. The van der Waals surface area contributed by atoms with Crippen LogP contribution in [0.25, 0.3) is 22.4 Å². The summed E-state index contributed by atoms with van der Waals surface area (Å²) in [6.45, 7) is 0. The van der Waals surface area contributed by atoms with Gasteiger partial charge < -0.3 is 10.3 Å². The summed E-state index contributed by atoms with van der Waals surface area (Å²) in [6, 6.07) is 4.98. The largest absolute Gasteiger partial charge is 0.338 e. The van der Waals surface area contributed by atoms with Crippen molar-refractivity contribution in [3.8, 4) is 11.4 Å². The van der Waals surface area contributed by atoms with Gasteiger partial charge in [0.2, 0.25) is 5.91 Å². The van der Waals surface area contributed by atoms with Crippen LogP contribution in [0.1, 0.15) is 12.8 Å². The molecule has 0 radical (unpaired) electrons. The molecule has 1 amide bonds. The van der Waals surface area contributed by atoms with Crippen LogP contribution in [-0.4, -0.2) is 20.9 Å². The third kappa shape index (κ3) is 2.83. The van der Waals surface area contributed by atoms with Gasteiger partial charge in [0.25, 0.3) is 0 Å². The van der Waals surface area contributed by atoms with Crippen molar-refractivity contribution >= 4 is 57.6 Å². The molecule has 0 atom stereocenters. The van der Waals surface area contributed by atoms with Crippen LogP contribution < -0.4 is 5.32 Å². The molecule has 0 unspecified atom stereocenters. The number of H-pyrrole nitrogens is 1. The highest BCUT2D eigenvalue weighted by Gasteiger charge is 2.30. The number of nitrogens with one attached hydrogen (secondary N) is 2. The van der Waals surface area contributed by atoms with Gasteiger partial charge in [0, 0.05) is 17.1 Å². The van der Waals surface area contributed by atoms with Gasteiger partial charge in [-0.05, 0) is 31.0 Å². The number of carbonyl (C=O) groups is 1. The Bertz CT molecular complexity index is 942. The van der Waals surface area contributed by atoms with E-state index in [9.17, 15) is 4.79 Å². The van der Waals surface area contributed by atoms with Crippen molar-refractivity contribution < 1.29 is 4.79 Å². The predicted octanol–water partition coefficient (Wildman–Crippen LogP) is 4.93. The number of hydrogen-bond donors (Lipinski definition) is 2. The molecule has 2 N–H and O–H groups in total. The number of nitrogens with zero attached hydrogens (tertiary/aromatic N) is 2. The van der Waals surface area contributed by atoms with Gasteiger partial charge in [-0.3, -0.25) is 4.79 Å². The zero-order valence-electron chi connectivity index (χ0n) is 12.2. The van der Waals surface area contributed by atoms with Gasteiger partial charge in [-0.25, -0.2) is 9.97 Å². The van der Waals surface area contributed by atoms with Crippen LogP contribution in [0.4, 0.5) is 5.82 Å². The number of carbonyl (C=O) groups excluding carboxylic acids is 1. The molecule has 8 heteroatoms. The lowest BCUT2D eigenvalue weighted by Crippen LogP contribution is -2.14. The van der Waals surface area contributed by atoms with E-state index in [0.717, 1.165) is 18.4 Å². The second kappa shape index (κ2) is 5.92. The highest BCUT2D eigenvalue weighted by atomic mass is 35.5. The first kappa shape index (κ1) is 15.7. The fraction of sp³-hybridized carbons (Fsp3) is 0.188. The minimum absolute atomic E-state index is 0.0258. The standard InChI is InChI=1S/C16H11Cl3N4O/c17-8-5-9(18)12(10(19)6-8)14-21-11-3-4-20-15(13(11)22-14)23-16(24)7-1-2-7/h3-7H,1-2H2,(H,21,22)(H,20,23,24). The molecule has 2 heterocycles. The van der Waals surface area contributed by atoms with Crippen LogP contribution in [0.15, 0.2) is 24.4 Å². The summed E-state index contributed by atoms with van der Waals surface area (Å²) >= 11 is 18.5. The molecule has 0 saturated heterocycles. The maximum absolute atomic E-state index is 12.0. The summed E-state index contributed by atoms with van der Waals surface area (Å²) in [4.78, 5) is 23.9. The van der Waals surface area contributed by atoms with Crippen LogP contribution in [0, 0.1) is 5.92 Å². The summed E-state index contributed by atoms with van der Waals surface area (Å²) < 4.78 is 0. The van der Waals surface area contributed by atoms with Crippen molar-refractivity contribution in [3.05, 3.63) is 39.5 Å². The van der Waals surface area contributed by atoms with Crippen molar-refractivity contribution in [1.29, 1.82) is 0 Å². The van der Waals surface area contributed by atoms with Gasteiger partial charge in [0.15, 0.2) is 5.82 Å². The first-order valence-electron chi connectivity index (χ1n) is 7.33. The number of fused-ring (bicyclic) bond motifs is 1. The summed E-state index contributed by atoms with van der Waals surface area (Å²) in [5, 5.41) is 4.06. The fourth-order valence-corrected chi connectivity index (χ4v) is 3.47. The molecule has 0 aliphatic heterocycles. The van der Waals surface area contributed by atoms with E-state index in [-0.39, 0.29) is 11.8 Å². The highest BCUT2D eigenvalue weighted by molar-refractivity contribution is 6.41. The highest BCUT2D eigenvalue weighted by Crippen LogP contribution is 2.37. The minimum Gasteiger partial charge on any atom is -0.338 e. The van der Waals surface area contributed by atoms with Gasteiger partial charge >= 0.3 is 0 Å². The summed E-state index contributed by atoms with van der Waals surface area (Å²) in [5.41, 5.74) is 1.84. The molecule has 24 heavy (non-hydrogen) atoms. The van der Waals surface area contributed by atoms with Crippen LogP contribution >= 0.6 is 34.8 Å². The maximum Gasteiger partial charge on any atom is 0.228 e. The first-order chi connectivity index (χ1) is 11.5. The van der Waals surface area contributed by atoms with Crippen LogP contribution in [0.2, 0.25) is 15.1 Å². The summed E-state index contributed by atoms with van der Waals surface area (Å²) in [7, 11) is 0. The molecular weight excluding hydrogens is 371 g/mol. The van der Waals surface area contributed by atoms with E-state index in [1.54, 1.807) is 24.4 Å². The van der Waals surface area contributed by atoms with Crippen molar-refractivity contribution in [2.75, 3.05) is 5.32 Å². The second-order valence-electron chi connectivity index (χ2n) is 5.65. The third-order valence-electron chi connectivity index (χ3n) is 3.83. The van der Waals surface area contributed by atoms with Crippen molar-refractivity contribution in [2.45, 2.75) is 12.8 Å². The van der Waals surface area contributed by atoms with Crippen LogP contribution in [-0.2, 0) is 4.79 Å². The number of anilines is 1. The van der Waals surface area contributed by atoms with Crippen molar-refractivity contribution in [3.63, 3.8) is 0 Å². The van der Waals surface area contributed by atoms with E-state index in [0.29, 0.717) is 37.8 Å². The molecule has 5 nitrogen and oxygen atoms in total. The van der Waals surface area contributed by atoms with Gasteiger partial charge in [0.1, 0.15) is 11.3 Å². The normalized spacial score (nSPS) is 14.1. The van der Waals surface area contributed by atoms with E-state index in [1.807, 2.05) is 0 Å². The number of pyridine rings is 1. The molecule has 122 valence electrons. The van der Waals surface area contributed by atoms with Crippen molar-refractivity contribution in [2.24, 2.45) is 5.92 Å². The Kier molecular flexibility index (Phi) is 3.87. The average Bonchev–Trinajstić information content (AvgIpc) is 3.27. The molecule has 1 aromatic carbocycles. The number of hydrogen-bond acceptors (Lipinski definition) is 3. The van der Waals surface area contributed by atoms with E-state index < -0.39 is 0 Å². The number of imidazole rings is 1. The molecule has 3 aromatic rings. The lowest BCUT2D eigenvalue weighted by Gasteiger charge is -2.04. The summed E-state index contributed by atoms with van der Waals surface area (Å²) in [6.07, 6.45) is 3.45. The number of amides is 1. The SMILES string of the molecule is O=C(Nc1nccc2[nH]c(-c3c(Cl)cc(Cl)cc3Cl)nc12)C1CC1. The molecular formula is C16H11Cl3N4O. The zero-order valence-corrected chi connectivity index (χ0v) is 14.5. The molecule has 1 fully saturated rings. The van der Waals surface area contributed by atoms with Gasteiger partial charge in [0.05, 0.1) is 21.1 Å². The first-order valence-corrected chi connectivity index (χ1v) is 8.47. The van der Waals surface area contributed by atoms with E-state index in [2.05, 4.69) is 20.3 Å². The number of aromatic amines is 1. The van der Waals surface area contributed by atoms with Crippen LogP contribution in [0.5, 0.6) is 0 Å². The monoisotopic (exact) mass is 380 g/mol. The van der Waals surface area contributed by atoms with Gasteiger partial charge in [-0.1, -0.05) is 34.8 Å². The number of halogens is 3. The Morgan fingerprint density at radius 2 is 1.92 bits per heavy atom. The van der Waals surface area contributed by atoms with Gasteiger partial charge in [-0.15, -0.1) is 0 Å². The lowest BCUT2D eigenvalue weighted by molar-refractivity contribution is -0.117. The van der Waals surface area contributed by atoms with E-state index >= 15 is 0 Å². The Labute approximate surface area is 152 Å². The Balaban J connectivity index is 1.80. The Morgan fingerprint density at radius 1 is 1.21 bits per heavy atom. The fourth-order valence-electron chi connectivity index (χ4n) is 2.48. The zero-order chi connectivity index (χ0) is 16.8. The predicted molar refractivity (Wildman–Crippen MR) is 95.7 cm³/mol. The molecule has 2 aromatic heterocycles. The molecule has 0 spiro atoms. The Hall–Kier alpha value is -1.82. The second-order valence-corrected chi connectivity index (χ2v) is 6.90. The average molecular weight is 382 g/mol. The topological polar surface area (TPSA) is 70.7 Å². The molecule has 0 bridgehead atoms.